The van der Waals surface area contributed by atoms with Crippen LogP contribution in [0.1, 0.15) is 34.2 Å². The van der Waals surface area contributed by atoms with Crippen molar-refractivity contribution in [2.45, 2.75) is 13.3 Å². The molecule has 6 rings (SSSR count). The number of fused-ring (bicyclic) bond motifs is 2. The Hall–Kier alpha value is -5.96. The molecule has 0 aliphatic rings. The standard InChI is InChI=1S/C22H19N5O.C7H7N5O/c1-3-20-24-19-11-7-8-17(13-12-16-14-23-26(2)15-16)21(19)22(28)27(20)25-18-9-5-4-6-10-18;8-5-4(6(9)13)7-10-1-2-12(7)3-11-5/h4-11,14-15,25H,3H2,1-2H3;1-3H,8H2,(H2,9,13). The number of imidazole rings is 1. The lowest BCUT2D eigenvalue weighted by molar-refractivity contribution is 0.100. The molecule has 204 valence electrons. The number of nitrogens with one attached hydrogen (secondary N) is 1. The third-order valence-corrected chi connectivity index (χ3v) is 6.06. The van der Waals surface area contributed by atoms with Gasteiger partial charge in [-0.1, -0.05) is 43.0 Å². The minimum Gasteiger partial charge on any atom is -0.383 e. The zero-order valence-electron chi connectivity index (χ0n) is 22.3. The van der Waals surface area contributed by atoms with Gasteiger partial charge in [-0.3, -0.25) is 24.1 Å². The van der Waals surface area contributed by atoms with E-state index in [4.69, 9.17) is 11.5 Å². The Balaban J connectivity index is 0.000000216. The van der Waals surface area contributed by atoms with Gasteiger partial charge in [-0.2, -0.15) is 5.10 Å². The molecule has 0 aliphatic heterocycles. The average molecular weight is 547 g/mol. The largest absolute Gasteiger partial charge is 0.383 e. The fourth-order valence-electron chi connectivity index (χ4n) is 4.14. The summed E-state index contributed by atoms with van der Waals surface area (Å²) in [6.07, 6.45) is 8.83. The molecule has 6 aromatic rings. The van der Waals surface area contributed by atoms with Crippen LogP contribution in [0.3, 0.4) is 0 Å². The summed E-state index contributed by atoms with van der Waals surface area (Å²) in [5.74, 6) is 6.32. The maximum absolute atomic E-state index is 13.3. The maximum atomic E-state index is 13.3. The van der Waals surface area contributed by atoms with Gasteiger partial charge in [0.05, 0.1) is 28.4 Å². The summed E-state index contributed by atoms with van der Waals surface area (Å²) < 4.78 is 4.78. The van der Waals surface area contributed by atoms with E-state index in [0.29, 0.717) is 34.4 Å². The van der Waals surface area contributed by atoms with E-state index in [1.54, 1.807) is 27.7 Å². The molecule has 0 spiro atoms. The van der Waals surface area contributed by atoms with Gasteiger partial charge in [-0.15, -0.1) is 0 Å². The summed E-state index contributed by atoms with van der Waals surface area (Å²) in [4.78, 5) is 36.7. The minimum absolute atomic E-state index is 0.103. The summed E-state index contributed by atoms with van der Waals surface area (Å²) in [6, 6.07) is 15.1. The molecule has 0 unspecified atom stereocenters. The summed E-state index contributed by atoms with van der Waals surface area (Å²) in [5.41, 5.74) is 17.1. The normalized spacial score (nSPS) is 10.5. The number of anilines is 2. The number of nitrogens with two attached hydrogens (primary N) is 2. The number of hydrogen-bond acceptors (Lipinski definition) is 8. The van der Waals surface area contributed by atoms with Gasteiger partial charge in [0.25, 0.3) is 11.5 Å². The van der Waals surface area contributed by atoms with Gasteiger partial charge in [0.1, 0.15) is 23.5 Å². The fraction of sp³-hybridized carbons (Fsp3) is 0.103. The van der Waals surface area contributed by atoms with E-state index < -0.39 is 5.91 Å². The molecular weight excluding hydrogens is 520 g/mol. The molecule has 4 aromatic heterocycles. The molecule has 12 heteroatoms. The number of aromatic nitrogens is 7. The first-order valence-corrected chi connectivity index (χ1v) is 12.6. The monoisotopic (exact) mass is 546 g/mol. The molecule has 2 aromatic carbocycles. The van der Waals surface area contributed by atoms with Crippen molar-refractivity contribution in [2.24, 2.45) is 12.8 Å². The summed E-state index contributed by atoms with van der Waals surface area (Å²) in [5, 5.41) is 4.62. The van der Waals surface area contributed by atoms with Crippen LogP contribution in [0, 0.1) is 11.8 Å². The van der Waals surface area contributed by atoms with E-state index in [1.165, 1.54) is 11.0 Å². The second-order valence-electron chi connectivity index (χ2n) is 8.88. The van der Waals surface area contributed by atoms with Gasteiger partial charge >= 0.3 is 0 Å². The number of carbonyl (C=O) groups excluding carboxylic acids is 1. The summed E-state index contributed by atoms with van der Waals surface area (Å²) in [7, 11) is 1.84. The highest BCUT2D eigenvalue weighted by Crippen LogP contribution is 2.15. The van der Waals surface area contributed by atoms with E-state index in [1.807, 2.05) is 68.7 Å². The Morgan fingerprint density at radius 2 is 1.88 bits per heavy atom. The van der Waals surface area contributed by atoms with E-state index in [0.717, 1.165) is 11.3 Å². The van der Waals surface area contributed by atoms with Crippen LogP contribution >= 0.6 is 0 Å². The smallest absolute Gasteiger partial charge is 0.281 e. The van der Waals surface area contributed by atoms with Gasteiger partial charge in [0, 0.05) is 37.6 Å². The first-order valence-electron chi connectivity index (χ1n) is 12.6. The molecule has 12 nitrogen and oxygen atoms in total. The molecule has 0 bridgehead atoms. The zero-order valence-corrected chi connectivity index (χ0v) is 22.3. The molecule has 4 heterocycles. The quantitative estimate of drug-likeness (QED) is 0.284. The Kier molecular flexibility index (Phi) is 7.42. The predicted octanol–water partition coefficient (Wildman–Crippen LogP) is 2.38. The molecule has 0 atom stereocenters. The van der Waals surface area contributed by atoms with Crippen LogP contribution in [0.4, 0.5) is 11.5 Å². The number of nitrogens with zero attached hydrogens (tertiary/aromatic N) is 7. The number of carbonyl (C=O) groups is 1. The Morgan fingerprint density at radius 3 is 2.59 bits per heavy atom. The molecule has 0 radical (unpaired) electrons. The SMILES string of the molecule is CCc1nc2cccc(C#Cc3cnn(C)c3)c2c(=O)n1Nc1ccccc1.NC(=O)c1c(N)ncn2ccnc12. The lowest BCUT2D eigenvalue weighted by atomic mass is 10.1. The second-order valence-corrected chi connectivity index (χ2v) is 8.88. The highest BCUT2D eigenvalue weighted by molar-refractivity contribution is 6.02. The van der Waals surface area contributed by atoms with Crippen LogP contribution in [-0.2, 0) is 13.5 Å². The molecule has 5 N–H and O–H groups in total. The summed E-state index contributed by atoms with van der Waals surface area (Å²) >= 11 is 0. The lowest BCUT2D eigenvalue weighted by Crippen LogP contribution is -2.31. The third-order valence-electron chi connectivity index (χ3n) is 6.06. The Bertz CT molecular complexity index is 2000. The molecule has 41 heavy (non-hydrogen) atoms. The van der Waals surface area contributed by atoms with E-state index >= 15 is 0 Å². The van der Waals surface area contributed by atoms with Gasteiger partial charge in [0.15, 0.2) is 5.65 Å². The van der Waals surface area contributed by atoms with Gasteiger partial charge in [0.2, 0.25) is 0 Å². The minimum atomic E-state index is -0.623. The maximum Gasteiger partial charge on any atom is 0.281 e. The van der Waals surface area contributed by atoms with Crippen molar-refractivity contribution < 1.29 is 4.79 Å². The number of rotatable bonds is 4. The van der Waals surface area contributed by atoms with Gasteiger partial charge in [-0.25, -0.2) is 19.6 Å². The van der Waals surface area contributed by atoms with E-state index in [2.05, 4.69) is 37.3 Å². The van der Waals surface area contributed by atoms with Crippen molar-refractivity contribution >= 4 is 34.0 Å². The summed E-state index contributed by atoms with van der Waals surface area (Å²) in [6.45, 7) is 1.98. The van der Waals surface area contributed by atoms with Crippen LogP contribution in [0.15, 0.2) is 84.4 Å². The molecule has 0 aliphatic carbocycles. The van der Waals surface area contributed by atoms with Crippen LogP contribution in [-0.4, -0.2) is 39.7 Å². The molecule has 0 saturated carbocycles. The molecule has 0 saturated heterocycles. The fourth-order valence-corrected chi connectivity index (χ4v) is 4.14. The van der Waals surface area contributed by atoms with Crippen molar-refractivity contribution in [3.8, 4) is 11.8 Å². The van der Waals surface area contributed by atoms with Crippen LogP contribution in [0.5, 0.6) is 0 Å². The number of aryl methyl sites for hydroxylation is 2. The second kappa shape index (κ2) is 11.4. The zero-order chi connectivity index (χ0) is 28.9. The molecule has 1 amide bonds. The van der Waals surface area contributed by atoms with Gasteiger partial charge in [-0.05, 0) is 24.3 Å². The van der Waals surface area contributed by atoms with Crippen molar-refractivity contribution in [1.29, 1.82) is 0 Å². The first kappa shape index (κ1) is 26.6. The number of para-hydroxylation sites is 1. The lowest BCUT2D eigenvalue weighted by Gasteiger charge is -2.15. The van der Waals surface area contributed by atoms with Crippen LogP contribution in [0.25, 0.3) is 16.6 Å². The number of amides is 1. The van der Waals surface area contributed by atoms with Crippen LogP contribution in [0.2, 0.25) is 0 Å². The van der Waals surface area contributed by atoms with Crippen molar-refractivity contribution in [1.82, 2.24) is 33.8 Å². The number of nitrogen functional groups attached to an aromatic ring is 1. The predicted molar refractivity (Wildman–Crippen MR) is 156 cm³/mol. The van der Waals surface area contributed by atoms with Crippen molar-refractivity contribution in [2.75, 3.05) is 11.2 Å². The topological polar surface area (TPSA) is 164 Å². The third kappa shape index (κ3) is 5.59. The number of benzene rings is 2. The van der Waals surface area contributed by atoms with Crippen LogP contribution < -0.4 is 22.5 Å². The molecule has 0 fully saturated rings. The highest BCUT2D eigenvalue weighted by atomic mass is 16.1. The van der Waals surface area contributed by atoms with Crippen molar-refractivity contribution in [3.63, 3.8) is 0 Å². The first-order chi connectivity index (χ1) is 19.9. The molecular formula is C29H26N10O2. The Morgan fingerprint density at radius 1 is 1.07 bits per heavy atom. The van der Waals surface area contributed by atoms with E-state index in [9.17, 15) is 9.59 Å². The van der Waals surface area contributed by atoms with Crippen molar-refractivity contribution in [3.05, 3.63) is 113 Å². The number of hydrogen-bond donors (Lipinski definition) is 3. The van der Waals surface area contributed by atoms with Gasteiger partial charge < -0.3 is 11.5 Å². The Labute approximate surface area is 234 Å². The van der Waals surface area contributed by atoms with E-state index in [-0.39, 0.29) is 16.9 Å². The average Bonchev–Trinajstić information content (AvgIpc) is 3.62. The highest BCUT2D eigenvalue weighted by Gasteiger charge is 2.14. The number of primary amides is 1.